The number of carboxylic acid groups (broad SMARTS) is 1. The summed E-state index contributed by atoms with van der Waals surface area (Å²) in [5, 5.41) is 11.2. The van der Waals surface area contributed by atoms with Gasteiger partial charge in [0.15, 0.2) is 0 Å². The van der Waals surface area contributed by atoms with Gasteiger partial charge in [0.25, 0.3) is 0 Å². The molecule has 2 aromatic carbocycles. The molecule has 0 saturated heterocycles. The molecule has 0 N–H and O–H groups in total. The van der Waals surface area contributed by atoms with E-state index >= 15 is 0 Å². The lowest BCUT2D eigenvalue weighted by molar-refractivity contribution is -0.295. The number of carbonyl (C=O) groups is 1. The van der Waals surface area contributed by atoms with Crippen molar-refractivity contribution in [1.29, 1.82) is 0 Å². The van der Waals surface area contributed by atoms with Crippen LogP contribution in [0.25, 0.3) is 11.6 Å². The highest BCUT2D eigenvalue weighted by Gasteiger charge is 2.02. The number of rotatable bonds is 4. The topological polar surface area (TPSA) is 49.4 Å². The SMILES string of the molecule is COc1ccc(/C=C(\C(=O)[O-])c2ccccc2)cc1. The Hall–Kier alpha value is -2.55. The number of hydrogen-bond donors (Lipinski definition) is 0. The third kappa shape index (κ3) is 3.22. The maximum atomic E-state index is 11.2. The number of methoxy groups -OCH3 is 1. The molecule has 0 radical (unpaired) electrons. The van der Waals surface area contributed by atoms with E-state index in [0.717, 1.165) is 11.3 Å². The van der Waals surface area contributed by atoms with Gasteiger partial charge in [0.2, 0.25) is 0 Å². The fourth-order valence-electron chi connectivity index (χ4n) is 1.74. The van der Waals surface area contributed by atoms with E-state index in [1.54, 1.807) is 61.7 Å². The fourth-order valence-corrected chi connectivity index (χ4v) is 1.74. The van der Waals surface area contributed by atoms with Gasteiger partial charge < -0.3 is 14.6 Å². The van der Waals surface area contributed by atoms with Crippen LogP contribution in [0, 0.1) is 0 Å². The average molecular weight is 253 g/mol. The first-order valence-electron chi connectivity index (χ1n) is 5.83. The third-order valence-corrected chi connectivity index (χ3v) is 2.73. The van der Waals surface area contributed by atoms with Gasteiger partial charge in [-0.3, -0.25) is 0 Å². The second kappa shape index (κ2) is 5.87. The quantitative estimate of drug-likeness (QED) is 0.618. The van der Waals surface area contributed by atoms with Crippen molar-refractivity contribution in [3.63, 3.8) is 0 Å². The molecule has 0 fully saturated rings. The summed E-state index contributed by atoms with van der Waals surface area (Å²) in [5.74, 6) is -0.464. The van der Waals surface area contributed by atoms with Crippen LogP contribution in [0.15, 0.2) is 54.6 Å². The minimum atomic E-state index is -1.19. The van der Waals surface area contributed by atoms with E-state index in [-0.39, 0.29) is 5.57 Å². The highest BCUT2D eigenvalue weighted by molar-refractivity contribution is 6.19. The molecule has 2 aromatic rings. The third-order valence-electron chi connectivity index (χ3n) is 2.73. The van der Waals surface area contributed by atoms with Crippen molar-refractivity contribution in [3.05, 3.63) is 65.7 Å². The van der Waals surface area contributed by atoms with Crippen LogP contribution < -0.4 is 9.84 Å². The number of benzene rings is 2. The van der Waals surface area contributed by atoms with Gasteiger partial charge in [0.05, 0.1) is 13.1 Å². The van der Waals surface area contributed by atoms with Crippen LogP contribution in [0.1, 0.15) is 11.1 Å². The Labute approximate surface area is 111 Å². The standard InChI is InChI=1S/C16H14O3/c1-19-14-9-7-12(8-10-14)11-15(16(17)18)13-5-3-2-4-6-13/h2-11H,1H3,(H,17,18)/p-1/b15-11-. The van der Waals surface area contributed by atoms with Gasteiger partial charge in [-0.1, -0.05) is 42.5 Å². The van der Waals surface area contributed by atoms with Gasteiger partial charge in [-0.05, 0) is 29.3 Å². The van der Waals surface area contributed by atoms with Crippen LogP contribution in [0.3, 0.4) is 0 Å². The Morgan fingerprint density at radius 2 is 1.68 bits per heavy atom. The first-order chi connectivity index (χ1) is 9.20. The van der Waals surface area contributed by atoms with E-state index in [9.17, 15) is 9.90 Å². The van der Waals surface area contributed by atoms with E-state index in [4.69, 9.17) is 4.74 Å². The lowest BCUT2D eigenvalue weighted by atomic mass is 10.0. The first kappa shape index (κ1) is 12.9. The number of carboxylic acids is 1. The number of hydrogen-bond acceptors (Lipinski definition) is 3. The largest absolute Gasteiger partial charge is 0.545 e. The summed E-state index contributed by atoms with van der Waals surface area (Å²) in [4.78, 5) is 11.2. The molecule has 96 valence electrons. The molecule has 0 aliphatic rings. The molecular weight excluding hydrogens is 240 g/mol. The number of aliphatic carboxylic acids is 1. The van der Waals surface area contributed by atoms with E-state index in [1.165, 1.54) is 0 Å². The van der Waals surface area contributed by atoms with Crippen LogP contribution in [-0.2, 0) is 4.79 Å². The molecule has 19 heavy (non-hydrogen) atoms. The minimum Gasteiger partial charge on any atom is -0.545 e. The average Bonchev–Trinajstić information content (AvgIpc) is 2.46. The molecule has 0 atom stereocenters. The normalized spacial score (nSPS) is 11.1. The van der Waals surface area contributed by atoms with Crippen molar-refractivity contribution >= 4 is 17.6 Å². The molecule has 0 saturated carbocycles. The zero-order valence-corrected chi connectivity index (χ0v) is 10.5. The Morgan fingerprint density at radius 1 is 1.05 bits per heavy atom. The highest BCUT2D eigenvalue weighted by Crippen LogP contribution is 2.19. The van der Waals surface area contributed by atoms with Crippen molar-refractivity contribution in [2.24, 2.45) is 0 Å². The molecule has 3 nitrogen and oxygen atoms in total. The molecule has 0 unspecified atom stereocenters. The van der Waals surface area contributed by atoms with Crippen LogP contribution >= 0.6 is 0 Å². The molecule has 0 aliphatic carbocycles. The van der Waals surface area contributed by atoms with E-state index < -0.39 is 5.97 Å². The van der Waals surface area contributed by atoms with E-state index in [0.29, 0.717) is 5.56 Å². The Kier molecular flexibility index (Phi) is 3.98. The zero-order chi connectivity index (χ0) is 13.7. The second-order valence-electron chi connectivity index (χ2n) is 3.98. The van der Waals surface area contributed by atoms with Gasteiger partial charge >= 0.3 is 0 Å². The van der Waals surface area contributed by atoms with E-state index in [2.05, 4.69) is 0 Å². The molecule has 0 aromatic heterocycles. The number of ether oxygens (including phenoxy) is 1. The van der Waals surface area contributed by atoms with Crippen molar-refractivity contribution in [2.45, 2.75) is 0 Å². The Bertz CT molecular complexity index is 583. The van der Waals surface area contributed by atoms with Gasteiger partial charge in [-0.2, -0.15) is 0 Å². The monoisotopic (exact) mass is 253 g/mol. The predicted octanol–water partition coefficient (Wildman–Crippen LogP) is 1.99. The molecule has 2 rings (SSSR count). The maximum absolute atomic E-state index is 11.2. The van der Waals surface area contributed by atoms with Crippen molar-refractivity contribution in [2.75, 3.05) is 7.11 Å². The van der Waals surface area contributed by atoms with Crippen LogP contribution in [0.5, 0.6) is 5.75 Å². The summed E-state index contributed by atoms with van der Waals surface area (Å²) in [6.07, 6.45) is 1.59. The van der Waals surface area contributed by atoms with Crippen LogP contribution in [0.4, 0.5) is 0 Å². The summed E-state index contributed by atoms with van der Waals surface area (Å²) in [7, 11) is 1.58. The predicted molar refractivity (Wildman–Crippen MR) is 72.3 cm³/mol. The molecule has 3 heteroatoms. The Morgan fingerprint density at radius 3 is 2.21 bits per heavy atom. The molecular formula is C16H13O3-. The molecule has 0 amide bonds. The second-order valence-corrected chi connectivity index (χ2v) is 3.98. The van der Waals surface area contributed by atoms with Crippen molar-refractivity contribution in [3.8, 4) is 5.75 Å². The molecule has 0 spiro atoms. The van der Waals surface area contributed by atoms with Crippen molar-refractivity contribution in [1.82, 2.24) is 0 Å². The van der Waals surface area contributed by atoms with Crippen LogP contribution in [0.2, 0.25) is 0 Å². The number of carbonyl (C=O) groups excluding carboxylic acids is 1. The molecule has 0 aliphatic heterocycles. The first-order valence-corrected chi connectivity index (χ1v) is 5.83. The van der Waals surface area contributed by atoms with E-state index in [1.807, 2.05) is 6.07 Å². The van der Waals surface area contributed by atoms with Crippen LogP contribution in [-0.4, -0.2) is 13.1 Å². The lowest BCUT2D eigenvalue weighted by Gasteiger charge is -2.09. The maximum Gasteiger partial charge on any atom is 0.118 e. The summed E-state index contributed by atoms with van der Waals surface area (Å²) >= 11 is 0. The van der Waals surface area contributed by atoms with Crippen molar-refractivity contribution < 1.29 is 14.6 Å². The lowest BCUT2D eigenvalue weighted by Crippen LogP contribution is -2.23. The summed E-state index contributed by atoms with van der Waals surface area (Å²) in [5.41, 5.74) is 1.56. The zero-order valence-electron chi connectivity index (χ0n) is 10.5. The van der Waals surface area contributed by atoms with Gasteiger partial charge in [-0.25, -0.2) is 0 Å². The smallest absolute Gasteiger partial charge is 0.118 e. The molecule has 0 heterocycles. The summed E-state index contributed by atoms with van der Waals surface area (Å²) in [6, 6.07) is 16.1. The highest BCUT2D eigenvalue weighted by atomic mass is 16.5. The minimum absolute atomic E-state index is 0.158. The van der Waals surface area contributed by atoms with Gasteiger partial charge in [0, 0.05) is 5.57 Å². The fraction of sp³-hybridized carbons (Fsp3) is 0.0625. The van der Waals surface area contributed by atoms with Gasteiger partial charge in [-0.15, -0.1) is 0 Å². The Balaban J connectivity index is 2.38. The molecule has 0 bridgehead atoms. The van der Waals surface area contributed by atoms with Gasteiger partial charge in [0.1, 0.15) is 5.75 Å². The summed E-state index contributed by atoms with van der Waals surface area (Å²) < 4.78 is 5.06. The summed E-state index contributed by atoms with van der Waals surface area (Å²) in [6.45, 7) is 0.